The Morgan fingerprint density at radius 1 is 1.78 bits per heavy atom. The number of rotatable bonds is 2. The maximum atomic E-state index is 4.98. The standard InChI is InChI=1S/C6H10N2O/c1-3-5-6(9-2)4-7-8-5/h4H,3H2,1-2H3,(H,7,8). The first-order chi connectivity index (χ1) is 4.38. The number of aromatic amines is 1. The summed E-state index contributed by atoms with van der Waals surface area (Å²) in [4.78, 5) is 0. The lowest BCUT2D eigenvalue weighted by atomic mass is 10.3. The Morgan fingerprint density at radius 3 is 3.00 bits per heavy atom. The highest BCUT2D eigenvalue weighted by Gasteiger charge is 2.00. The summed E-state index contributed by atoms with van der Waals surface area (Å²) in [5.74, 6) is 0.845. The molecule has 0 aliphatic heterocycles. The summed E-state index contributed by atoms with van der Waals surface area (Å²) in [6.45, 7) is 2.04. The van der Waals surface area contributed by atoms with Gasteiger partial charge in [0, 0.05) is 0 Å². The van der Waals surface area contributed by atoms with E-state index in [0.29, 0.717) is 0 Å². The van der Waals surface area contributed by atoms with Crippen molar-refractivity contribution in [3.05, 3.63) is 11.9 Å². The number of nitrogens with zero attached hydrogens (tertiary/aromatic N) is 1. The summed E-state index contributed by atoms with van der Waals surface area (Å²) >= 11 is 0. The van der Waals surface area contributed by atoms with E-state index in [1.807, 2.05) is 6.92 Å². The number of hydrogen-bond acceptors (Lipinski definition) is 2. The minimum atomic E-state index is 0.845. The van der Waals surface area contributed by atoms with Gasteiger partial charge in [-0.15, -0.1) is 0 Å². The third-order valence-corrected chi connectivity index (χ3v) is 1.23. The summed E-state index contributed by atoms with van der Waals surface area (Å²) in [6, 6.07) is 0. The first-order valence-corrected chi connectivity index (χ1v) is 2.95. The van der Waals surface area contributed by atoms with Crippen molar-refractivity contribution in [1.29, 1.82) is 0 Å². The van der Waals surface area contributed by atoms with Gasteiger partial charge in [-0.3, -0.25) is 5.10 Å². The predicted octanol–water partition coefficient (Wildman–Crippen LogP) is 0.981. The van der Waals surface area contributed by atoms with Crippen LogP contribution in [0.3, 0.4) is 0 Å². The van der Waals surface area contributed by atoms with Gasteiger partial charge in [0.25, 0.3) is 0 Å². The van der Waals surface area contributed by atoms with Crippen molar-refractivity contribution in [3.63, 3.8) is 0 Å². The molecule has 0 aromatic carbocycles. The van der Waals surface area contributed by atoms with E-state index in [0.717, 1.165) is 17.9 Å². The van der Waals surface area contributed by atoms with E-state index in [1.165, 1.54) is 0 Å². The SMILES string of the molecule is CCc1n[nH]cc1OC. The van der Waals surface area contributed by atoms with Crippen molar-refractivity contribution in [1.82, 2.24) is 10.2 Å². The van der Waals surface area contributed by atoms with Crippen molar-refractivity contribution >= 4 is 0 Å². The van der Waals surface area contributed by atoms with Crippen LogP contribution in [0.5, 0.6) is 5.75 Å². The maximum absolute atomic E-state index is 4.98. The highest BCUT2D eigenvalue weighted by atomic mass is 16.5. The molecule has 1 aromatic heterocycles. The molecule has 0 saturated carbocycles. The Kier molecular flexibility index (Phi) is 1.72. The van der Waals surface area contributed by atoms with Gasteiger partial charge in [0.1, 0.15) is 5.69 Å². The molecular weight excluding hydrogens is 116 g/mol. The number of methoxy groups -OCH3 is 1. The smallest absolute Gasteiger partial charge is 0.159 e. The van der Waals surface area contributed by atoms with Crippen LogP contribution in [0, 0.1) is 0 Å². The molecule has 0 saturated heterocycles. The molecule has 0 spiro atoms. The zero-order valence-electron chi connectivity index (χ0n) is 5.64. The van der Waals surface area contributed by atoms with Crippen molar-refractivity contribution < 1.29 is 4.74 Å². The van der Waals surface area contributed by atoms with Gasteiger partial charge in [-0.2, -0.15) is 5.10 Å². The van der Waals surface area contributed by atoms with Gasteiger partial charge in [-0.1, -0.05) is 6.92 Å². The van der Waals surface area contributed by atoms with Gasteiger partial charge < -0.3 is 4.74 Å². The lowest BCUT2D eigenvalue weighted by Crippen LogP contribution is -1.86. The van der Waals surface area contributed by atoms with E-state index in [1.54, 1.807) is 13.3 Å². The monoisotopic (exact) mass is 126 g/mol. The third-order valence-electron chi connectivity index (χ3n) is 1.23. The number of hydrogen-bond donors (Lipinski definition) is 1. The molecule has 0 radical (unpaired) electrons. The summed E-state index contributed by atoms with van der Waals surface area (Å²) in [5, 5.41) is 6.68. The van der Waals surface area contributed by atoms with Crippen LogP contribution in [0.4, 0.5) is 0 Å². The Morgan fingerprint density at radius 2 is 2.56 bits per heavy atom. The largest absolute Gasteiger partial charge is 0.493 e. The zero-order chi connectivity index (χ0) is 6.69. The fourth-order valence-corrected chi connectivity index (χ4v) is 0.737. The van der Waals surface area contributed by atoms with Crippen LogP contribution in [0.15, 0.2) is 6.20 Å². The lowest BCUT2D eigenvalue weighted by Gasteiger charge is -1.94. The van der Waals surface area contributed by atoms with Crippen molar-refractivity contribution in [2.75, 3.05) is 7.11 Å². The first kappa shape index (κ1) is 6.13. The quantitative estimate of drug-likeness (QED) is 0.641. The van der Waals surface area contributed by atoms with Gasteiger partial charge in [0.15, 0.2) is 5.75 Å². The Bertz CT molecular complexity index is 164. The number of H-pyrrole nitrogens is 1. The van der Waals surface area contributed by atoms with Gasteiger partial charge in [0.2, 0.25) is 0 Å². The van der Waals surface area contributed by atoms with Crippen molar-refractivity contribution in [2.24, 2.45) is 0 Å². The second kappa shape index (κ2) is 2.53. The molecule has 50 valence electrons. The van der Waals surface area contributed by atoms with Crippen LogP contribution < -0.4 is 4.74 Å². The molecule has 0 bridgehead atoms. The van der Waals surface area contributed by atoms with Crippen molar-refractivity contribution in [3.8, 4) is 5.75 Å². The first-order valence-electron chi connectivity index (χ1n) is 2.95. The van der Waals surface area contributed by atoms with E-state index in [-0.39, 0.29) is 0 Å². The zero-order valence-corrected chi connectivity index (χ0v) is 5.64. The van der Waals surface area contributed by atoms with E-state index >= 15 is 0 Å². The van der Waals surface area contributed by atoms with Crippen LogP contribution in [-0.2, 0) is 6.42 Å². The molecule has 0 amide bonds. The minimum absolute atomic E-state index is 0.845. The molecule has 0 fully saturated rings. The minimum Gasteiger partial charge on any atom is -0.493 e. The van der Waals surface area contributed by atoms with Crippen LogP contribution in [0.25, 0.3) is 0 Å². The van der Waals surface area contributed by atoms with Crippen LogP contribution in [0.1, 0.15) is 12.6 Å². The molecule has 0 unspecified atom stereocenters. The number of aryl methyl sites for hydroxylation is 1. The molecule has 0 atom stereocenters. The average molecular weight is 126 g/mol. The molecular formula is C6H10N2O. The van der Waals surface area contributed by atoms with Gasteiger partial charge in [-0.25, -0.2) is 0 Å². The molecule has 1 N–H and O–H groups in total. The molecule has 0 aliphatic carbocycles. The second-order valence-corrected chi connectivity index (χ2v) is 1.75. The molecule has 3 heteroatoms. The predicted molar refractivity (Wildman–Crippen MR) is 34.5 cm³/mol. The molecule has 1 aromatic rings. The summed E-state index contributed by atoms with van der Waals surface area (Å²) < 4.78 is 4.98. The number of nitrogens with one attached hydrogen (secondary N) is 1. The molecule has 9 heavy (non-hydrogen) atoms. The fraction of sp³-hybridized carbons (Fsp3) is 0.500. The van der Waals surface area contributed by atoms with Crippen LogP contribution in [0.2, 0.25) is 0 Å². The van der Waals surface area contributed by atoms with E-state index in [4.69, 9.17) is 4.74 Å². The highest BCUT2D eigenvalue weighted by molar-refractivity contribution is 5.23. The fourth-order valence-electron chi connectivity index (χ4n) is 0.737. The summed E-state index contributed by atoms with van der Waals surface area (Å²) in [7, 11) is 1.64. The number of ether oxygens (including phenoxy) is 1. The number of aromatic nitrogens is 2. The average Bonchev–Trinajstić information content (AvgIpc) is 2.33. The van der Waals surface area contributed by atoms with Gasteiger partial charge in [0.05, 0.1) is 13.3 Å². The molecule has 1 rings (SSSR count). The lowest BCUT2D eigenvalue weighted by molar-refractivity contribution is 0.410. The summed E-state index contributed by atoms with van der Waals surface area (Å²) in [6.07, 6.45) is 2.66. The topological polar surface area (TPSA) is 37.9 Å². The Balaban J connectivity index is 2.85. The van der Waals surface area contributed by atoms with Gasteiger partial charge in [-0.05, 0) is 6.42 Å². The Labute approximate surface area is 54.0 Å². The Hall–Kier alpha value is -0.990. The molecule has 0 aliphatic rings. The van der Waals surface area contributed by atoms with Crippen LogP contribution in [-0.4, -0.2) is 17.3 Å². The second-order valence-electron chi connectivity index (χ2n) is 1.75. The van der Waals surface area contributed by atoms with E-state index < -0.39 is 0 Å². The van der Waals surface area contributed by atoms with E-state index in [9.17, 15) is 0 Å². The summed E-state index contributed by atoms with van der Waals surface area (Å²) in [5.41, 5.74) is 0.984. The third kappa shape index (κ3) is 1.04. The molecule has 3 nitrogen and oxygen atoms in total. The van der Waals surface area contributed by atoms with E-state index in [2.05, 4.69) is 10.2 Å². The van der Waals surface area contributed by atoms with Gasteiger partial charge >= 0.3 is 0 Å². The maximum Gasteiger partial charge on any atom is 0.159 e. The molecule has 1 heterocycles. The highest BCUT2D eigenvalue weighted by Crippen LogP contribution is 2.13. The van der Waals surface area contributed by atoms with Crippen molar-refractivity contribution in [2.45, 2.75) is 13.3 Å². The van der Waals surface area contributed by atoms with Crippen LogP contribution >= 0.6 is 0 Å². The normalized spacial score (nSPS) is 9.56.